The van der Waals surface area contributed by atoms with Crippen LogP contribution in [0.25, 0.3) is 0 Å². The van der Waals surface area contributed by atoms with E-state index < -0.39 is 20.0 Å². The van der Waals surface area contributed by atoms with Crippen molar-refractivity contribution in [2.75, 3.05) is 50.5 Å². The maximum Gasteiger partial charge on any atom is 0.238 e. The number of nitrogens with zero attached hydrogens (tertiary/aromatic N) is 3. The second kappa shape index (κ2) is 15.6. The van der Waals surface area contributed by atoms with Crippen LogP contribution in [0.4, 0.5) is 22.7 Å². The first-order chi connectivity index (χ1) is 22.5. The Bertz CT molecular complexity index is 2000. The molecule has 5 N–H and O–H groups in total. The molecule has 258 valence electrons. The molecule has 0 atom stereocenters. The van der Waals surface area contributed by atoms with Crippen LogP contribution >= 0.6 is 23.5 Å². The number of hydrogen-bond acceptors (Lipinski definition) is 10. The second-order valence-corrected chi connectivity index (χ2v) is 16.8. The van der Waals surface area contributed by atoms with Crippen molar-refractivity contribution in [1.29, 1.82) is 0 Å². The Morgan fingerprint density at radius 2 is 1.38 bits per heavy atom. The molecular formula is C34H44N6O4S4. The Labute approximate surface area is 294 Å². The number of thioether (sulfide) groups is 2. The number of anilines is 4. The Kier molecular flexibility index (Phi) is 12.3. The van der Waals surface area contributed by atoms with E-state index in [1.165, 1.54) is 27.0 Å². The number of hydrogen-bond donors (Lipinski definition) is 3. The molecular weight excluding hydrogens is 685 g/mol. The van der Waals surface area contributed by atoms with Crippen LogP contribution in [0.15, 0.2) is 92.4 Å². The van der Waals surface area contributed by atoms with Crippen molar-refractivity contribution >= 4 is 66.3 Å². The predicted octanol–water partition coefficient (Wildman–Crippen LogP) is 6.07. The van der Waals surface area contributed by atoms with E-state index in [9.17, 15) is 16.8 Å². The van der Waals surface area contributed by atoms with E-state index in [1.54, 1.807) is 47.8 Å². The molecule has 0 bridgehead atoms. The highest BCUT2D eigenvalue weighted by atomic mass is 32.2. The fourth-order valence-electron chi connectivity index (χ4n) is 5.49. The summed E-state index contributed by atoms with van der Waals surface area (Å²) in [6.45, 7) is 6.22. The van der Waals surface area contributed by atoms with Gasteiger partial charge in [0.15, 0.2) is 0 Å². The number of primary sulfonamides is 2. The van der Waals surface area contributed by atoms with E-state index in [-0.39, 0.29) is 9.79 Å². The Morgan fingerprint density at radius 3 is 1.94 bits per heavy atom. The fourth-order valence-corrected chi connectivity index (χ4v) is 7.79. The van der Waals surface area contributed by atoms with Gasteiger partial charge in [0.1, 0.15) is 0 Å². The molecule has 1 heterocycles. The van der Waals surface area contributed by atoms with Gasteiger partial charge in [-0.2, -0.15) is 0 Å². The normalized spacial score (nSPS) is 13.6. The van der Waals surface area contributed by atoms with Gasteiger partial charge in [0.2, 0.25) is 20.0 Å². The lowest BCUT2D eigenvalue weighted by atomic mass is 10.1. The van der Waals surface area contributed by atoms with Gasteiger partial charge >= 0.3 is 0 Å². The largest absolute Gasteiger partial charge is 0.355 e. The van der Waals surface area contributed by atoms with Gasteiger partial charge in [-0.15, -0.1) is 23.5 Å². The number of sulfonamides is 2. The third kappa shape index (κ3) is 9.54. The lowest BCUT2D eigenvalue weighted by molar-refractivity contribution is 0.321. The first-order valence-electron chi connectivity index (χ1n) is 15.0. The lowest BCUT2D eigenvalue weighted by Gasteiger charge is -2.37. The number of fused-ring (bicyclic) bond motifs is 1. The van der Waals surface area contributed by atoms with Crippen LogP contribution < -0.4 is 20.5 Å². The SMILES string of the molecule is CSc1ccc(N2CN(C)Cc3cc(S(N)(=O)=O)ccc32)cc1C.CSc1ccc(Nc2ccc(S(N)(=O)=O)cc2CN(C)C)cc1C. The van der Waals surface area contributed by atoms with E-state index in [1.807, 2.05) is 38.2 Å². The molecule has 48 heavy (non-hydrogen) atoms. The minimum atomic E-state index is -3.72. The van der Waals surface area contributed by atoms with Crippen molar-refractivity contribution in [2.24, 2.45) is 10.3 Å². The molecule has 1 aliphatic heterocycles. The Hall–Kier alpha value is -3.08. The second-order valence-electron chi connectivity index (χ2n) is 12.0. The van der Waals surface area contributed by atoms with Gasteiger partial charge in [0, 0.05) is 45.6 Å². The van der Waals surface area contributed by atoms with Gasteiger partial charge < -0.3 is 15.1 Å². The fraction of sp³-hybridized carbons (Fsp3) is 0.294. The molecule has 0 aliphatic carbocycles. The summed E-state index contributed by atoms with van der Waals surface area (Å²) in [6.07, 6.45) is 4.12. The summed E-state index contributed by atoms with van der Waals surface area (Å²) in [4.78, 5) is 9.10. The predicted molar refractivity (Wildman–Crippen MR) is 201 cm³/mol. The lowest BCUT2D eigenvalue weighted by Crippen LogP contribution is -2.37. The molecule has 0 saturated carbocycles. The molecule has 0 saturated heterocycles. The minimum Gasteiger partial charge on any atom is -0.355 e. The van der Waals surface area contributed by atoms with Crippen molar-refractivity contribution in [3.63, 3.8) is 0 Å². The number of nitrogens with one attached hydrogen (secondary N) is 1. The van der Waals surface area contributed by atoms with Crippen LogP contribution in [0.5, 0.6) is 0 Å². The summed E-state index contributed by atoms with van der Waals surface area (Å²) in [6, 6.07) is 22.6. The molecule has 1 aliphatic rings. The molecule has 14 heteroatoms. The molecule has 4 aromatic carbocycles. The number of aryl methyl sites for hydroxylation is 2. The summed E-state index contributed by atoms with van der Waals surface area (Å²) in [7, 11) is -1.52. The molecule has 0 aromatic heterocycles. The molecule has 5 rings (SSSR count). The highest BCUT2D eigenvalue weighted by molar-refractivity contribution is 7.98. The van der Waals surface area contributed by atoms with Gasteiger partial charge in [-0.25, -0.2) is 27.1 Å². The summed E-state index contributed by atoms with van der Waals surface area (Å²) in [5.41, 5.74) is 8.22. The summed E-state index contributed by atoms with van der Waals surface area (Å²) < 4.78 is 46.4. The van der Waals surface area contributed by atoms with Crippen molar-refractivity contribution in [1.82, 2.24) is 9.80 Å². The van der Waals surface area contributed by atoms with Crippen LogP contribution in [0.3, 0.4) is 0 Å². The van der Waals surface area contributed by atoms with Crippen molar-refractivity contribution in [3.8, 4) is 0 Å². The highest BCUT2D eigenvalue weighted by Crippen LogP contribution is 2.36. The van der Waals surface area contributed by atoms with Crippen LogP contribution in [-0.2, 0) is 33.1 Å². The van der Waals surface area contributed by atoms with Crippen LogP contribution in [0.2, 0.25) is 0 Å². The van der Waals surface area contributed by atoms with Crippen molar-refractivity contribution in [2.45, 2.75) is 46.5 Å². The minimum absolute atomic E-state index is 0.124. The van der Waals surface area contributed by atoms with Gasteiger partial charge in [-0.1, -0.05) is 0 Å². The maximum atomic E-state index is 11.6. The Balaban J connectivity index is 0.000000217. The zero-order valence-corrected chi connectivity index (χ0v) is 31.6. The molecule has 0 radical (unpaired) electrons. The molecule has 0 amide bonds. The summed E-state index contributed by atoms with van der Waals surface area (Å²) in [5, 5.41) is 13.9. The van der Waals surface area contributed by atoms with E-state index in [0.29, 0.717) is 13.1 Å². The molecule has 10 nitrogen and oxygen atoms in total. The number of nitrogens with two attached hydrogens (primary N) is 2. The van der Waals surface area contributed by atoms with Gasteiger partial charge in [0.05, 0.1) is 16.5 Å². The van der Waals surface area contributed by atoms with Crippen LogP contribution in [0.1, 0.15) is 22.3 Å². The topological polar surface area (TPSA) is 142 Å². The van der Waals surface area contributed by atoms with E-state index in [0.717, 1.165) is 40.5 Å². The van der Waals surface area contributed by atoms with E-state index >= 15 is 0 Å². The van der Waals surface area contributed by atoms with Gasteiger partial charge in [0.25, 0.3) is 0 Å². The average molecular weight is 729 g/mol. The highest BCUT2D eigenvalue weighted by Gasteiger charge is 2.24. The van der Waals surface area contributed by atoms with Crippen molar-refractivity contribution in [3.05, 3.63) is 95.1 Å². The first-order valence-corrected chi connectivity index (χ1v) is 20.5. The van der Waals surface area contributed by atoms with Crippen molar-refractivity contribution < 1.29 is 16.8 Å². The molecule has 0 spiro atoms. The molecule has 4 aromatic rings. The smallest absolute Gasteiger partial charge is 0.238 e. The quantitative estimate of drug-likeness (QED) is 0.174. The maximum absolute atomic E-state index is 11.6. The monoisotopic (exact) mass is 728 g/mol. The molecule has 0 unspecified atom stereocenters. The van der Waals surface area contributed by atoms with E-state index in [2.05, 4.69) is 71.8 Å². The van der Waals surface area contributed by atoms with Crippen LogP contribution in [-0.4, -0.2) is 67.0 Å². The van der Waals surface area contributed by atoms with Crippen LogP contribution in [0, 0.1) is 13.8 Å². The third-order valence-corrected chi connectivity index (χ3v) is 11.4. The summed E-state index contributed by atoms with van der Waals surface area (Å²) >= 11 is 3.44. The van der Waals surface area contributed by atoms with Gasteiger partial charge in [-0.05, 0) is 143 Å². The van der Waals surface area contributed by atoms with Gasteiger partial charge in [-0.3, -0.25) is 4.90 Å². The third-order valence-electron chi connectivity index (χ3n) is 7.75. The standard InChI is InChI=1S/C17H21N3O2S2.C17H23N3O2S2/c1-12-8-14(4-7-17(12)23-3)20-11-19(2)10-13-9-15(24(18,21)22)5-6-16(13)20;1-12-9-14(5-8-17(12)23-4)19-16-7-6-15(24(18,21)22)10-13(16)11-20(2)3/h4-9H,10-11H2,1-3H3,(H2,18,21,22);5-10,19H,11H2,1-4H3,(H2,18,21,22). The number of rotatable bonds is 9. The summed E-state index contributed by atoms with van der Waals surface area (Å²) in [5.74, 6) is 0. The Morgan fingerprint density at radius 1 is 0.792 bits per heavy atom. The molecule has 0 fully saturated rings. The first kappa shape index (κ1) is 37.7. The number of benzene rings is 4. The zero-order valence-electron chi connectivity index (χ0n) is 28.3. The zero-order chi connectivity index (χ0) is 35.4. The van der Waals surface area contributed by atoms with E-state index in [4.69, 9.17) is 10.3 Å². The average Bonchev–Trinajstić information content (AvgIpc) is 3.00.